The van der Waals surface area contributed by atoms with Crippen LogP contribution in [0.15, 0.2) is 53.2 Å². The number of nitrogens with zero attached hydrogens (tertiary/aromatic N) is 3. The Kier molecular flexibility index (Phi) is 5.04. The lowest BCUT2D eigenvalue weighted by atomic mass is 10.1. The van der Waals surface area contributed by atoms with Gasteiger partial charge in [0.1, 0.15) is 5.82 Å². The zero-order chi connectivity index (χ0) is 17.8. The van der Waals surface area contributed by atoms with Gasteiger partial charge in [0.2, 0.25) is 5.16 Å². The average Bonchev–Trinajstić information content (AvgIpc) is 3.20. The predicted octanol–water partition coefficient (Wildman–Crippen LogP) is 2.39. The molecule has 0 saturated carbocycles. The number of aromatic nitrogens is 4. The Morgan fingerprint density at radius 3 is 2.92 bits per heavy atom. The van der Waals surface area contributed by atoms with Gasteiger partial charge >= 0.3 is 0 Å². The van der Waals surface area contributed by atoms with Crippen LogP contribution >= 0.6 is 11.8 Å². The molecule has 0 atom stereocenters. The Morgan fingerprint density at radius 1 is 1.44 bits per heavy atom. The van der Waals surface area contributed by atoms with Crippen LogP contribution in [0.3, 0.4) is 0 Å². The highest BCUT2D eigenvalue weighted by molar-refractivity contribution is 8.04. The third-order valence-corrected chi connectivity index (χ3v) is 4.55. The number of H-pyrrole nitrogens is 1. The van der Waals surface area contributed by atoms with Gasteiger partial charge in [-0.1, -0.05) is 31.2 Å². The third-order valence-electron chi connectivity index (χ3n) is 3.68. The molecule has 0 aliphatic rings. The molecule has 6 nitrogen and oxygen atoms in total. The molecule has 0 amide bonds. The van der Waals surface area contributed by atoms with E-state index in [0.29, 0.717) is 23.9 Å². The van der Waals surface area contributed by atoms with E-state index in [4.69, 9.17) is 0 Å². The van der Waals surface area contributed by atoms with Crippen LogP contribution in [0.5, 0.6) is 0 Å². The maximum absolute atomic E-state index is 11.6. The zero-order valence-electron chi connectivity index (χ0n) is 13.7. The number of benzene rings is 1. The Labute approximate surface area is 149 Å². The number of carboxylic acid groups (broad SMARTS) is 1. The van der Waals surface area contributed by atoms with Crippen LogP contribution in [0.4, 0.5) is 0 Å². The van der Waals surface area contributed by atoms with Gasteiger partial charge in [0.25, 0.3) is 0 Å². The number of aryl methyl sites for hydroxylation is 1. The molecule has 3 aromatic rings. The van der Waals surface area contributed by atoms with Gasteiger partial charge in [-0.05, 0) is 23.9 Å². The summed E-state index contributed by atoms with van der Waals surface area (Å²) in [6.07, 6.45) is 6.01. The molecule has 3 rings (SSSR count). The van der Waals surface area contributed by atoms with Crippen molar-refractivity contribution in [3.05, 3.63) is 59.4 Å². The number of thioether (sulfide) groups is 1. The van der Waals surface area contributed by atoms with Gasteiger partial charge in [-0.25, -0.2) is 4.98 Å². The van der Waals surface area contributed by atoms with Crippen molar-refractivity contribution in [3.8, 4) is 0 Å². The number of hydrogen-bond acceptors (Lipinski definition) is 5. The second-order valence-corrected chi connectivity index (χ2v) is 6.37. The number of carbonyl (C=O) groups excluding carboxylic acids is 1. The van der Waals surface area contributed by atoms with Crippen molar-refractivity contribution in [1.82, 2.24) is 19.7 Å². The normalized spacial score (nSPS) is 11.8. The second kappa shape index (κ2) is 7.40. The van der Waals surface area contributed by atoms with E-state index in [2.05, 4.69) is 21.8 Å². The summed E-state index contributed by atoms with van der Waals surface area (Å²) in [5.74, 6) is -0.545. The minimum absolute atomic E-state index is 0.0585. The standard InChI is InChI=1S/C18H18N4O2S/c1-3-9-22-11-12(13-7-5-6-8-14(13)22)10-15(17(23)24)25-18-19-16(4-2)20-21-18/h3,5-8,10-11H,1,4,9H2,2H3,(H,23,24)(H,19,20,21)/p-1/b15-10-. The summed E-state index contributed by atoms with van der Waals surface area (Å²) in [6, 6.07) is 7.82. The number of fused-ring (bicyclic) bond motifs is 1. The Hall–Kier alpha value is -2.80. The fourth-order valence-electron chi connectivity index (χ4n) is 2.53. The number of carboxylic acids is 1. The first-order valence-corrected chi connectivity index (χ1v) is 8.65. The van der Waals surface area contributed by atoms with Crippen molar-refractivity contribution in [3.63, 3.8) is 0 Å². The summed E-state index contributed by atoms with van der Waals surface area (Å²) in [4.78, 5) is 15.9. The first-order chi connectivity index (χ1) is 12.1. The van der Waals surface area contributed by atoms with E-state index in [9.17, 15) is 9.90 Å². The van der Waals surface area contributed by atoms with Gasteiger partial charge < -0.3 is 14.5 Å². The zero-order valence-corrected chi connectivity index (χ0v) is 14.5. The van der Waals surface area contributed by atoms with E-state index >= 15 is 0 Å². The number of carbonyl (C=O) groups is 1. The monoisotopic (exact) mass is 353 g/mol. The van der Waals surface area contributed by atoms with E-state index in [1.54, 1.807) is 12.2 Å². The number of para-hydroxylation sites is 1. The van der Waals surface area contributed by atoms with Crippen LogP contribution in [0.25, 0.3) is 17.0 Å². The van der Waals surface area contributed by atoms with Gasteiger partial charge in [0.05, 0.1) is 5.97 Å². The van der Waals surface area contributed by atoms with E-state index in [-0.39, 0.29) is 4.91 Å². The molecule has 2 aromatic heterocycles. The van der Waals surface area contributed by atoms with E-state index in [1.807, 2.05) is 42.0 Å². The molecule has 0 fully saturated rings. The van der Waals surface area contributed by atoms with Crippen molar-refractivity contribution in [1.29, 1.82) is 0 Å². The molecule has 0 unspecified atom stereocenters. The van der Waals surface area contributed by atoms with Gasteiger partial charge in [-0.3, -0.25) is 5.10 Å². The summed E-state index contributed by atoms with van der Waals surface area (Å²) in [5, 5.41) is 19.7. The number of nitrogens with one attached hydrogen (secondary N) is 1. The molecule has 25 heavy (non-hydrogen) atoms. The van der Waals surface area contributed by atoms with Crippen LogP contribution in [-0.2, 0) is 17.8 Å². The highest BCUT2D eigenvalue weighted by Crippen LogP contribution is 2.29. The molecule has 128 valence electrons. The Bertz CT molecular complexity index is 955. The summed E-state index contributed by atoms with van der Waals surface area (Å²) < 4.78 is 2.02. The van der Waals surface area contributed by atoms with E-state index in [0.717, 1.165) is 28.2 Å². The summed E-state index contributed by atoms with van der Waals surface area (Å²) in [6.45, 7) is 6.35. The highest BCUT2D eigenvalue weighted by atomic mass is 32.2. The Morgan fingerprint density at radius 2 is 2.24 bits per heavy atom. The fraction of sp³-hybridized carbons (Fsp3) is 0.167. The lowest BCUT2D eigenvalue weighted by molar-refractivity contribution is -0.297. The summed E-state index contributed by atoms with van der Waals surface area (Å²) in [5.41, 5.74) is 1.82. The Balaban J connectivity index is 2.01. The molecule has 0 bridgehead atoms. The van der Waals surface area contributed by atoms with Crippen molar-refractivity contribution in [2.45, 2.75) is 25.0 Å². The molecule has 0 spiro atoms. The molecule has 0 aliphatic carbocycles. The van der Waals surface area contributed by atoms with E-state index in [1.165, 1.54) is 0 Å². The number of rotatable bonds is 7. The van der Waals surface area contributed by atoms with Crippen molar-refractivity contribution in [2.24, 2.45) is 0 Å². The molecule has 2 heterocycles. The number of aromatic amines is 1. The largest absolute Gasteiger partial charge is 0.544 e. The smallest absolute Gasteiger partial charge is 0.213 e. The number of hydrogen-bond donors (Lipinski definition) is 1. The molecule has 0 radical (unpaired) electrons. The van der Waals surface area contributed by atoms with Gasteiger partial charge in [-0.15, -0.1) is 11.7 Å². The van der Waals surface area contributed by atoms with Crippen LogP contribution in [0, 0.1) is 0 Å². The van der Waals surface area contributed by atoms with Crippen molar-refractivity contribution < 1.29 is 9.90 Å². The molecule has 0 saturated heterocycles. The fourth-order valence-corrected chi connectivity index (χ4v) is 3.24. The van der Waals surface area contributed by atoms with Crippen LogP contribution in [0.2, 0.25) is 0 Å². The molecule has 7 heteroatoms. The molecular formula is C18H17N4O2S-. The third kappa shape index (κ3) is 3.66. The lowest BCUT2D eigenvalue weighted by Crippen LogP contribution is -2.23. The van der Waals surface area contributed by atoms with Crippen LogP contribution < -0.4 is 5.11 Å². The molecule has 0 aliphatic heterocycles. The van der Waals surface area contributed by atoms with Crippen molar-refractivity contribution in [2.75, 3.05) is 0 Å². The van der Waals surface area contributed by atoms with Gasteiger partial charge in [0.15, 0.2) is 0 Å². The average molecular weight is 353 g/mol. The van der Waals surface area contributed by atoms with Gasteiger partial charge in [-0.2, -0.15) is 0 Å². The van der Waals surface area contributed by atoms with Crippen molar-refractivity contribution >= 4 is 34.7 Å². The first kappa shape index (κ1) is 17.0. The van der Waals surface area contributed by atoms with Crippen LogP contribution in [0.1, 0.15) is 18.3 Å². The van der Waals surface area contributed by atoms with E-state index < -0.39 is 5.97 Å². The first-order valence-electron chi connectivity index (χ1n) is 7.83. The minimum atomic E-state index is -1.26. The van der Waals surface area contributed by atoms with Gasteiger partial charge in [0, 0.05) is 40.5 Å². The summed E-state index contributed by atoms with van der Waals surface area (Å²) >= 11 is 0.975. The maximum Gasteiger partial charge on any atom is 0.213 e. The SMILES string of the molecule is C=CCn1cc(/C=C(\Sc2n[nH]c(CC)n2)C(=O)[O-])c2ccccc21. The van der Waals surface area contributed by atoms with Crippen LogP contribution in [-0.4, -0.2) is 25.7 Å². The molecule has 1 N–H and O–H groups in total. The second-order valence-electron chi connectivity index (χ2n) is 5.36. The highest BCUT2D eigenvalue weighted by Gasteiger charge is 2.11. The summed E-state index contributed by atoms with van der Waals surface area (Å²) in [7, 11) is 0. The maximum atomic E-state index is 11.6. The topological polar surface area (TPSA) is 86.6 Å². The number of allylic oxidation sites excluding steroid dienone is 1. The predicted molar refractivity (Wildman–Crippen MR) is 96.7 cm³/mol. The minimum Gasteiger partial charge on any atom is -0.544 e. The quantitative estimate of drug-likeness (QED) is 0.400. The lowest BCUT2D eigenvalue weighted by Gasteiger charge is -2.05. The number of aliphatic carboxylic acids is 1. The molecular weight excluding hydrogens is 336 g/mol. The molecule has 1 aromatic carbocycles.